The molecule has 0 atom stereocenters. The van der Waals surface area contributed by atoms with Gasteiger partial charge in [0.05, 0.1) is 24.2 Å². The van der Waals surface area contributed by atoms with Crippen molar-refractivity contribution < 1.29 is 28.7 Å². The smallest absolute Gasteiger partial charge is 0.358 e. The van der Waals surface area contributed by atoms with Crippen LogP contribution in [0.25, 0.3) is 10.6 Å². The summed E-state index contributed by atoms with van der Waals surface area (Å²) < 4.78 is 16.0. The Morgan fingerprint density at radius 1 is 1.16 bits per heavy atom. The number of aromatic nitrogens is 1. The van der Waals surface area contributed by atoms with Crippen LogP contribution in [0.1, 0.15) is 16.9 Å². The lowest BCUT2D eigenvalue weighted by atomic mass is 10.2. The minimum absolute atomic E-state index is 0.0724. The number of benzene rings is 2. The molecule has 0 bridgehead atoms. The van der Waals surface area contributed by atoms with Crippen LogP contribution in [-0.2, 0) is 9.53 Å². The first kappa shape index (κ1) is 21.2. The van der Waals surface area contributed by atoms with Crippen molar-refractivity contribution >= 4 is 34.6 Å². The predicted octanol–water partition coefficient (Wildman–Crippen LogP) is 3.68. The lowest BCUT2D eigenvalue weighted by Crippen LogP contribution is -2.21. The quantitative estimate of drug-likeness (QED) is 0.338. The molecule has 0 fully saturated rings. The standard InChI is InChI=1S/C21H17N3O7S/c25-19(11-31-21(26)15-12-32-20(23-15)13-5-2-1-3-6-13)22-14-9-17-18(10-16(14)24(27)28)30-8-4-7-29-17/h1-3,5-6,9-10,12H,4,7-8,11H2,(H,22,25). The first-order valence-electron chi connectivity index (χ1n) is 9.57. The molecule has 0 saturated carbocycles. The number of ether oxygens (including phenoxy) is 3. The Hall–Kier alpha value is -3.99. The van der Waals surface area contributed by atoms with Crippen LogP contribution in [0.2, 0.25) is 0 Å². The fraction of sp³-hybridized carbons (Fsp3) is 0.190. The first-order chi connectivity index (χ1) is 15.5. The summed E-state index contributed by atoms with van der Waals surface area (Å²) in [5, 5.41) is 16.0. The zero-order valence-electron chi connectivity index (χ0n) is 16.6. The Kier molecular flexibility index (Phi) is 6.26. The molecule has 1 aliphatic heterocycles. The third-order valence-corrected chi connectivity index (χ3v) is 5.30. The molecule has 1 aliphatic rings. The van der Waals surface area contributed by atoms with Crippen LogP contribution in [0.5, 0.6) is 11.5 Å². The van der Waals surface area contributed by atoms with Crippen molar-refractivity contribution in [2.75, 3.05) is 25.1 Å². The number of thiazole rings is 1. The molecule has 1 aromatic heterocycles. The number of nitrogens with zero attached hydrogens (tertiary/aromatic N) is 2. The highest BCUT2D eigenvalue weighted by Crippen LogP contribution is 2.39. The summed E-state index contributed by atoms with van der Waals surface area (Å²) >= 11 is 1.27. The van der Waals surface area contributed by atoms with E-state index in [1.54, 1.807) is 0 Å². The van der Waals surface area contributed by atoms with Crippen molar-refractivity contribution in [1.82, 2.24) is 4.98 Å². The van der Waals surface area contributed by atoms with Gasteiger partial charge in [0.25, 0.3) is 11.6 Å². The van der Waals surface area contributed by atoms with Gasteiger partial charge in [0.1, 0.15) is 10.7 Å². The number of nitro groups is 1. The second kappa shape index (κ2) is 9.43. The van der Waals surface area contributed by atoms with E-state index < -0.39 is 23.4 Å². The van der Waals surface area contributed by atoms with Gasteiger partial charge in [-0.1, -0.05) is 30.3 Å². The number of carbonyl (C=O) groups is 2. The highest BCUT2D eigenvalue weighted by molar-refractivity contribution is 7.13. The van der Waals surface area contributed by atoms with Crippen molar-refractivity contribution in [3.63, 3.8) is 0 Å². The van der Waals surface area contributed by atoms with Crippen LogP contribution < -0.4 is 14.8 Å². The van der Waals surface area contributed by atoms with Crippen molar-refractivity contribution in [2.24, 2.45) is 0 Å². The van der Waals surface area contributed by atoms with E-state index in [-0.39, 0.29) is 28.6 Å². The average Bonchev–Trinajstić information content (AvgIpc) is 3.18. The SMILES string of the molecule is O=C(COC(=O)c1csc(-c2ccccc2)n1)Nc1cc2c(cc1[N+](=O)[O-])OCCCO2. The topological polar surface area (TPSA) is 130 Å². The van der Waals surface area contributed by atoms with Crippen molar-refractivity contribution in [1.29, 1.82) is 0 Å². The lowest BCUT2D eigenvalue weighted by molar-refractivity contribution is -0.384. The van der Waals surface area contributed by atoms with Crippen LogP contribution in [0.15, 0.2) is 47.8 Å². The Balaban J connectivity index is 1.41. The van der Waals surface area contributed by atoms with Crippen molar-refractivity contribution in [2.45, 2.75) is 6.42 Å². The minimum Gasteiger partial charge on any atom is -0.489 e. The fourth-order valence-corrected chi connectivity index (χ4v) is 3.72. The molecule has 0 unspecified atom stereocenters. The van der Waals surface area contributed by atoms with Gasteiger partial charge in [-0.05, 0) is 0 Å². The summed E-state index contributed by atoms with van der Waals surface area (Å²) in [7, 11) is 0. The number of carbonyl (C=O) groups excluding carboxylic acids is 2. The summed E-state index contributed by atoms with van der Waals surface area (Å²) in [6.07, 6.45) is 0.628. The zero-order chi connectivity index (χ0) is 22.5. The number of anilines is 1. The van der Waals surface area contributed by atoms with Crippen molar-refractivity contribution in [3.8, 4) is 22.1 Å². The highest BCUT2D eigenvalue weighted by atomic mass is 32.1. The number of hydrogen-bond acceptors (Lipinski definition) is 9. The van der Waals surface area contributed by atoms with Gasteiger partial charge in [0, 0.05) is 23.4 Å². The summed E-state index contributed by atoms with van der Waals surface area (Å²) in [6, 6.07) is 11.8. The van der Waals surface area contributed by atoms with Gasteiger partial charge in [-0.15, -0.1) is 11.3 Å². The largest absolute Gasteiger partial charge is 0.489 e. The Morgan fingerprint density at radius 3 is 2.59 bits per heavy atom. The lowest BCUT2D eigenvalue weighted by Gasteiger charge is -2.11. The third-order valence-electron chi connectivity index (χ3n) is 4.41. The third kappa shape index (κ3) is 4.83. The van der Waals surface area contributed by atoms with Gasteiger partial charge in [-0.25, -0.2) is 9.78 Å². The molecule has 32 heavy (non-hydrogen) atoms. The zero-order valence-corrected chi connectivity index (χ0v) is 17.4. The van der Waals surface area contributed by atoms with Crippen molar-refractivity contribution in [3.05, 3.63) is 63.7 Å². The molecule has 0 radical (unpaired) electrons. The predicted molar refractivity (Wildman–Crippen MR) is 115 cm³/mol. The number of rotatable bonds is 6. The normalized spacial score (nSPS) is 12.5. The summed E-state index contributed by atoms with van der Waals surface area (Å²) in [4.78, 5) is 39.5. The van der Waals surface area contributed by atoms with E-state index in [2.05, 4.69) is 10.3 Å². The second-order valence-electron chi connectivity index (χ2n) is 6.65. The molecule has 11 heteroatoms. The van der Waals surface area contributed by atoms with Gasteiger partial charge in [-0.3, -0.25) is 14.9 Å². The number of fused-ring (bicyclic) bond motifs is 1. The molecule has 2 aromatic carbocycles. The summed E-state index contributed by atoms with van der Waals surface area (Å²) in [5.41, 5.74) is 0.487. The number of nitrogens with one attached hydrogen (secondary N) is 1. The van der Waals surface area contributed by atoms with E-state index in [0.29, 0.717) is 24.6 Å². The maximum absolute atomic E-state index is 12.3. The second-order valence-corrected chi connectivity index (χ2v) is 7.51. The Labute approximate surface area is 185 Å². The first-order valence-corrected chi connectivity index (χ1v) is 10.4. The molecule has 164 valence electrons. The maximum Gasteiger partial charge on any atom is 0.358 e. The fourth-order valence-electron chi connectivity index (χ4n) is 2.92. The van der Waals surface area contributed by atoms with Crippen LogP contribution in [0.3, 0.4) is 0 Å². The van der Waals surface area contributed by atoms with E-state index in [9.17, 15) is 19.7 Å². The number of hydrogen-bond donors (Lipinski definition) is 1. The molecule has 1 N–H and O–H groups in total. The molecule has 3 aromatic rings. The van der Waals surface area contributed by atoms with E-state index in [1.807, 2.05) is 30.3 Å². The van der Waals surface area contributed by atoms with E-state index in [4.69, 9.17) is 14.2 Å². The summed E-state index contributed by atoms with van der Waals surface area (Å²) in [6.45, 7) is 0.117. The molecule has 1 amide bonds. The van der Waals surface area contributed by atoms with E-state index >= 15 is 0 Å². The van der Waals surface area contributed by atoms with Gasteiger partial charge in [0.2, 0.25) is 0 Å². The minimum atomic E-state index is -0.772. The molecule has 0 saturated heterocycles. The van der Waals surface area contributed by atoms with E-state index in [1.165, 1.54) is 28.8 Å². The number of esters is 1. The number of amides is 1. The van der Waals surface area contributed by atoms with Gasteiger partial charge in [0.15, 0.2) is 23.8 Å². The molecule has 4 rings (SSSR count). The Morgan fingerprint density at radius 2 is 1.88 bits per heavy atom. The molecule has 0 aliphatic carbocycles. The Bertz CT molecular complexity index is 1160. The monoisotopic (exact) mass is 455 g/mol. The van der Waals surface area contributed by atoms with Gasteiger partial charge >= 0.3 is 5.97 Å². The van der Waals surface area contributed by atoms with Crippen LogP contribution >= 0.6 is 11.3 Å². The van der Waals surface area contributed by atoms with Crippen LogP contribution in [-0.4, -0.2) is 41.6 Å². The molecule has 10 nitrogen and oxygen atoms in total. The van der Waals surface area contributed by atoms with Crippen LogP contribution in [0.4, 0.5) is 11.4 Å². The van der Waals surface area contributed by atoms with Gasteiger partial charge in [-0.2, -0.15) is 0 Å². The maximum atomic E-state index is 12.3. The van der Waals surface area contributed by atoms with E-state index in [0.717, 1.165) is 5.56 Å². The molecule has 0 spiro atoms. The molecule has 2 heterocycles. The highest BCUT2D eigenvalue weighted by Gasteiger charge is 2.23. The number of nitro benzene ring substituents is 1. The summed E-state index contributed by atoms with van der Waals surface area (Å²) in [5.74, 6) is -0.992. The van der Waals surface area contributed by atoms with Gasteiger partial charge < -0.3 is 19.5 Å². The molecular weight excluding hydrogens is 438 g/mol. The molecular formula is C21H17N3O7S. The average molecular weight is 455 g/mol. The van der Waals surface area contributed by atoms with Crippen LogP contribution in [0, 0.1) is 10.1 Å².